The highest BCUT2D eigenvalue weighted by molar-refractivity contribution is 5.83. The van der Waals surface area contributed by atoms with Crippen molar-refractivity contribution < 1.29 is 66.6 Å². The Morgan fingerprint density at radius 3 is 1.29 bits per heavy atom. The number of hydrogen-bond acceptors (Lipinski definition) is 4. The summed E-state index contributed by atoms with van der Waals surface area (Å²) >= 11 is 0. The fourth-order valence-corrected chi connectivity index (χ4v) is 2.18. The van der Waals surface area contributed by atoms with Gasteiger partial charge < -0.3 is 66.6 Å². The van der Waals surface area contributed by atoms with Crippen molar-refractivity contribution in [1.29, 1.82) is 0 Å². The normalized spacial score (nSPS) is 11.9. The van der Waals surface area contributed by atoms with Crippen LogP contribution in [0.1, 0.15) is 24.0 Å². The van der Waals surface area contributed by atoms with E-state index in [1.807, 2.05) is 24.3 Å². The predicted molar refractivity (Wildman–Crippen MR) is 109 cm³/mol. The third kappa shape index (κ3) is 17.6. The van der Waals surface area contributed by atoms with Crippen LogP contribution in [0.3, 0.4) is 0 Å². The average Bonchev–Trinajstić information content (AvgIpc) is 2.53. The van der Waals surface area contributed by atoms with E-state index < -0.39 is 0 Å². The van der Waals surface area contributed by atoms with E-state index in [9.17, 15) is 0 Å². The minimum Gasteiger partial charge on any atom is -1.00 e. The topological polar surface area (TPSA) is 43.2 Å². The third-order valence-electron chi connectivity index (χ3n) is 3.62. The number of quaternary nitrogens is 2. The Morgan fingerprint density at radius 1 is 0.679 bits per heavy atom. The highest BCUT2D eigenvalue weighted by atomic mass is 127. The van der Waals surface area contributed by atoms with Crippen molar-refractivity contribution in [2.45, 2.75) is 12.8 Å². The highest BCUT2D eigenvalue weighted by Gasteiger charge is 2.06. The van der Waals surface area contributed by atoms with Gasteiger partial charge in [0, 0.05) is 12.8 Å². The van der Waals surface area contributed by atoms with E-state index in [-0.39, 0.29) is 48.0 Å². The van der Waals surface area contributed by atoms with Gasteiger partial charge in [-0.25, -0.2) is 0 Å². The van der Waals surface area contributed by atoms with Crippen LogP contribution in [-0.2, 0) is 9.68 Å². The van der Waals surface area contributed by atoms with Crippen molar-refractivity contribution in [3.8, 4) is 0 Å². The lowest BCUT2D eigenvalue weighted by atomic mass is 10.2. The Kier molecular flexibility index (Phi) is 16.3. The first-order valence-corrected chi connectivity index (χ1v) is 9.17. The molecule has 0 aliphatic rings. The van der Waals surface area contributed by atoms with Crippen LogP contribution in [0.2, 0.25) is 0 Å². The molecule has 0 bridgehead atoms. The monoisotopic (exact) mass is 618 g/mol. The number of benzene rings is 1. The van der Waals surface area contributed by atoms with Crippen LogP contribution in [0.4, 0.5) is 0 Å². The van der Waals surface area contributed by atoms with E-state index in [1.54, 1.807) is 12.4 Å². The first-order valence-electron chi connectivity index (χ1n) is 9.17. The van der Waals surface area contributed by atoms with Crippen LogP contribution in [-0.4, -0.2) is 90.0 Å². The Balaban J connectivity index is 0. The summed E-state index contributed by atoms with van der Waals surface area (Å²) < 4.78 is 1.88. The predicted octanol–water partition coefficient (Wildman–Crippen LogP) is -3.41. The van der Waals surface area contributed by atoms with Crippen molar-refractivity contribution in [1.82, 2.24) is 0 Å². The highest BCUT2D eigenvalue weighted by Crippen LogP contribution is 2.01. The van der Waals surface area contributed by atoms with Crippen LogP contribution in [0.5, 0.6) is 0 Å². The van der Waals surface area contributed by atoms with Crippen molar-refractivity contribution in [2.75, 3.05) is 68.6 Å². The molecule has 0 heterocycles. The molecule has 1 aromatic rings. The summed E-state index contributed by atoms with van der Waals surface area (Å²) in [7, 11) is 13.0. The van der Waals surface area contributed by atoms with E-state index in [2.05, 4.69) is 52.6 Å². The summed E-state index contributed by atoms with van der Waals surface area (Å²) in [5.74, 6) is 0. The van der Waals surface area contributed by atoms with Gasteiger partial charge in [-0.05, 0) is 11.1 Å². The van der Waals surface area contributed by atoms with Crippen LogP contribution in [0, 0.1) is 0 Å². The molecule has 0 saturated carbocycles. The molecule has 162 valence electrons. The van der Waals surface area contributed by atoms with Gasteiger partial charge in [0.25, 0.3) is 0 Å². The maximum absolute atomic E-state index is 5.30. The van der Waals surface area contributed by atoms with Crippen molar-refractivity contribution in [3.63, 3.8) is 0 Å². The van der Waals surface area contributed by atoms with Gasteiger partial charge >= 0.3 is 0 Å². The van der Waals surface area contributed by atoms with E-state index in [0.717, 1.165) is 46.0 Å². The summed E-state index contributed by atoms with van der Waals surface area (Å²) in [6, 6.07) is 7.93. The number of nitrogens with zero attached hydrogens (tertiary/aromatic N) is 4. The lowest BCUT2D eigenvalue weighted by Crippen LogP contribution is -3.00. The second kappa shape index (κ2) is 15.4. The second-order valence-electron chi connectivity index (χ2n) is 8.54. The van der Waals surface area contributed by atoms with E-state index in [0.29, 0.717) is 13.2 Å². The molecule has 0 aliphatic carbocycles. The molecule has 8 heteroatoms. The van der Waals surface area contributed by atoms with Gasteiger partial charge in [0.15, 0.2) is 0 Å². The fraction of sp³-hybridized carbons (Fsp3) is 0.600. The van der Waals surface area contributed by atoms with E-state index in [1.165, 1.54) is 0 Å². The third-order valence-corrected chi connectivity index (χ3v) is 3.62. The summed E-state index contributed by atoms with van der Waals surface area (Å²) in [6.07, 6.45) is 5.44. The molecule has 0 radical (unpaired) electrons. The standard InChI is InChI=1S/C20H36N4O2.2HI/c1-23(2,3)13-7-15-25-21-17-19-9-11-20(12-10-19)18-22-26-16-8-14-24(4,5)6;;/h9-12,17-18H,7-8,13-16H2,1-6H3;2*1H/q+2;;/p-2/b21-17-,22-18-;;. The van der Waals surface area contributed by atoms with Gasteiger partial charge in [0.2, 0.25) is 0 Å². The van der Waals surface area contributed by atoms with Crippen LogP contribution >= 0.6 is 0 Å². The van der Waals surface area contributed by atoms with Gasteiger partial charge in [-0.3, -0.25) is 0 Å². The molecule has 0 unspecified atom stereocenters. The molecule has 0 aromatic heterocycles. The number of rotatable bonds is 12. The van der Waals surface area contributed by atoms with E-state index in [4.69, 9.17) is 9.68 Å². The molecule has 0 aliphatic heterocycles. The van der Waals surface area contributed by atoms with Crippen LogP contribution < -0.4 is 48.0 Å². The summed E-state index contributed by atoms with van der Waals surface area (Å²) in [4.78, 5) is 10.6. The lowest BCUT2D eigenvalue weighted by Gasteiger charge is -2.23. The molecular formula is C20H36I2N4O2. The average molecular weight is 618 g/mol. The molecule has 0 N–H and O–H groups in total. The van der Waals surface area contributed by atoms with Gasteiger partial charge in [0.05, 0.1) is 67.8 Å². The molecule has 1 aromatic carbocycles. The molecule has 0 spiro atoms. The minimum atomic E-state index is 0. The minimum absolute atomic E-state index is 0. The molecule has 0 amide bonds. The summed E-state index contributed by atoms with van der Waals surface area (Å²) in [6.45, 7) is 3.42. The molecule has 6 nitrogen and oxygen atoms in total. The molecular weight excluding hydrogens is 582 g/mol. The van der Waals surface area contributed by atoms with Gasteiger partial charge in [-0.15, -0.1) is 0 Å². The Bertz CT molecular complexity index is 514. The smallest absolute Gasteiger partial charge is 0.122 e. The van der Waals surface area contributed by atoms with E-state index >= 15 is 0 Å². The molecule has 0 saturated heterocycles. The van der Waals surface area contributed by atoms with Crippen molar-refractivity contribution >= 4 is 12.4 Å². The molecule has 28 heavy (non-hydrogen) atoms. The summed E-state index contributed by atoms with van der Waals surface area (Å²) in [5, 5.41) is 8.03. The Labute approximate surface area is 205 Å². The fourth-order valence-electron chi connectivity index (χ4n) is 2.18. The van der Waals surface area contributed by atoms with Gasteiger partial charge in [-0.1, -0.05) is 34.6 Å². The summed E-state index contributed by atoms with van der Waals surface area (Å²) in [5.41, 5.74) is 2.00. The number of oxime groups is 2. The number of halogens is 2. The molecule has 1 rings (SSSR count). The SMILES string of the molecule is C[N+](C)(C)CCCO/N=C\c1ccc(/C=N\OCCC[N+](C)(C)C)cc1.[I-].[I-]. The quantitative estimate of drug-likeness (QED) is 0.0807. The Morgan fingerprint density at radius 2 is 1.00 bits per heavy atom. The molecule has 0 atom stereocenters. The second-order valence-corrected chi connectivity index (χ2v) is 8.54. The zero-order chi connectivity index (χ0) is 19.5. The maximum Gasteiger partial charge on any atom is 0.122 e. The first kappa shape index (κ1) is 29.7. The van der Waals surface area contributed by atoms with Crippen molar-refractivity contribution in [2.24, 2.45) is 10.3 Å². The Hall–Kier alpha value is -0.460. The first-order chi connectivity index (χ1) is 12.2. The van der Waals surface area contributed by atoms with Crippen LogP contribution in [0.25, 0.3) is 0 Å². The van der Waals surface area contributed by atoms with Crippen LogP contribution in [0.15, 0.2) is 34.6 Å². The lowest BCUT2D eigenvalue weighted by molar-refractivity contribution is -0.870. The van der Waals surface area contributed by atoms with Crippen molar-refractivity contribution in [3.05, 3.63) is 35.4 Å². The zero-order valence-electron chi connectivity index (χ0n) is 18.1. The molecule has 0 fully saturated rings. The zero-order valence-corrected chi connectivity index (χ0v) is 22.4. The number of hydrogen-bond donors (Lipinski definition) is 0. The largest absolute Gasteiger partial charge is 1.00 e. The van der Waals surface area contributed by atoms with Gasteiger partial charge in [0.1, 0.15) is 13.2 Å². The maximum atomic E-state index is 5.30. The van der Waals surface area contributed by atoms with Gasteiger partial charge in [-0.2, -0.15) is 0 Å².